The first-order valence-electron chi connectivity index (χ1n) is 7.48. The van der Waals surface area contributed by atoms with Gasteiger partial charge in [-0.3, -0.25) is 0 Å². The number of rotatable bonds is 6. The van der Waals surface area contributed by atoms with Crippen molar-refractivity contribution in [2.45, 2.75) is 32.9 Å². The zero-order chi connectivity index (χ0) is 15.4. The van der Waals surface area contributed by atoms with Crippen LogP contribution in [0.15, 0.2) is 12.1 Å². The Labute approximate surface area is 130 Å². The van der Waals surface area contributed by atoms with E-state index in [2.05, 4.69) is 19.2 Å². The van der Waals surface area contributed by atoms with E-state index < -0.39 is 11.6 Å². The van der Waals surface area contributed by atoms with Gasteiger partial charge in [0, 0.05) is 25.4 Å². The molecular formula is C16H24F2N2S. The van der Waals surface area contributed by atoms with E-state index in [0.29, 0.717) is 18.0 Å². The maximum absolute atomic E-state index is 14.3. The lowest BCUT2D eigenvalue weighted by Gasteiger charge is -2.27. The molecular weight excluding hydrogens is 290 g/mol. The van der Waals surface area contributed by atoms with E-state index in [9.17, 15) is 8.78 Å². The molecule has 0 radical (unpaired) electrons. The van der Waals surface area contributed by atoms with Crippen molar-refractivity contribution in [3.63, 3.8) is 0 Å². The van der Waals surface area contributed by atoms with Crippen LogP contribution in [-0.4, -0.2) is 31.1 Å². The van der Waals surface area contributed by atoms with E-state index in [1.54, 1.807) is 11.9 Å². The molecule has 1 aliphatic rings. The number of nitrogens with one attached hydrogen (secondary N) is 1. The van der Waals surface area contributed by atoms with Crippen LogP contribution in [0.25, 0.3) is 0 Å². The number of hydrogen-bond donors (Lipinski definition) is 1. The lowest BCUT2D eigenvalue weighted by Crippen LogP contribution is -2.32. The van der Waals surface area contributed by atoms with Crippen molar-refractivity contribution in [2.24, 2.45) is 5.92 Å². The van der Waals surface area contributed by atoms with Gasteiger partial charge in [0.25, 0.3) is 0 Å². The summed E-state index contributed by atoms with van der Waals surface area (Å²) in [6.07, 6.45) is 0.984. The van der Waals surface area contributed by atoms with Gasteiger partial charge in [-0.15, -0.1) is 0 Å². The molecule has 0 aliphatic carbocycles. The zero-order valence-electron chi connectivity index (χ0n) is 13.0. The molecule has 21 heavy (non-hydrogen) atoms. The van der Waals surface area contributed by atoms with Crippen LogP contribution in [0.2, 0.25) is 0 Å². The molecule has 1 unspecified atom stereocenters. The van der Waals surface area contributed by atoms with Crippen LogP contribution >= 0.6 is 11.8 Å². The fourth-order valence-corrected chi connectivity index (χ4v) is 3.84. The molecule has 1 aromatic carbocycles. The first-order valence-corrected chi connectivity index (χ1v) is 8.63. The summed E-state index contributed by atoms with van der Waals surface area (Å²) in [6, 6.07) is 3.12. The number of halogens is 2. The van der Waals surface area contributed by atoms with Gasteiger partial charge in [0.15, 0.2) is 0 Å². The van der Waals surface area contributed by atoms with Crippen LogP contribution in [0.4, 0.5) is 14.5 Å². The highest BCUT2D eigenvalue weighted by molar-refractivity contribution is 7.99. The van der Waals surface area contributed by atoms with Crippen LogP contribution in [0, 0.1) is 17.6 Å². The monoisotopic (exact) mass is 314 g/mol. The summed E-state index contributed by atoms with van der Waals surface area (Å²) in [4.78, 5) is 1.76. The predicted molar refractivity (Wildman–Crippen MR) is 87.0 cm³/mol. The first-order chi connectivity index (χ1) is 9.99. The quantitative estimate of drug-likeness (QED) is 0.863. The molecule has 118 valence electrons. The normalized spacial score (nSPS) is 18.5. The third-order valence-corrected chi connectivity index (χ3v) is 4.91. The molecule has 0 amide bonds. The van der Waals surface area contributed by atoms with Gasteiger partial charge in [0.1, 0.15) is 17.3 Å². The summed E-state index contributed by atoms with van der Waals surface area (Å²) < 4.78 is 28.6. The third kappa shape index (κ3) is 4.33. The van der Waals surface area contributed by atoms with Crippen LogP contribution in [-0.2, 0) is 6.54 Å². The summed E-state index contributed by atoms with van der Waals surface area (Å²) in [6.45, 7) is 5.54. The highest BCUT2D eigenvalue weighted by atomic mass is 32.2. The molecule has 1 heterocycles. The fourth-order valence-electron chi connectivity index (χ4n) is 2.57. The second kappa shape index (κ2) is 7.45. The van der Waals surface area contributed by atoms with Gasteiger partial charge in [-0.05, 0) is 42.3 Å². The molecule has 1 N–H and O–H groups in total. The molecule has 1 fully saturated rings. The van der Waals surface area contributed by atoms with Crippen molar-refractivity contribution >= 4 is 17.4 Å². The van der Waals surface area contributed by atoms with E-state index in [-0.39, 0.29) is 11.7 Å². The first kappa shape index (κ1) is 16.6. The van der Waals surface area contributed by atoms with E-state index in [1.165, 1.54) is 12.1 Å². The molecule has 0 aromatic heterocycles. The predicted octanol–water partition coefficient (Wildman–Crippen LogP) is 3.65. The van der Waals surface area contributed by atoms with Gasteiger partial charge in [-0.2, -0.15) is 11.8 Å². The molecule has 0 spiro atoms. The molecule has 1 saturated heterocycles. The summed E-state index contributed by atoms with van der Waals surface area (Å²) >= 11 is 1.84. The zero-order valence-corrected chi connectivity index (χ0v) is 13.8. The minimum absolute atomic E-state index is 0.107. The van der Waals surface area contributed by atoms with Crippen LogP contribution in [0.5, 0.6) is 0 Å². The maximum Gasteiger partial charge on any atom is 0.149 e. The Balaban J connectivity index is 2.09. The second-order valence-electron chi connectivity index (χ2n) is 6.06. The van der Waals surface area contributed by atoms with Gasteiger partial charge in [0.05, 0.1) is 0 Å². The Morgan fingerprint density at radius 1 is 1.33 bits per heavy atom. The van der Waals surface area contributed by atoms with Crippen molar-refractivity contribution in [1.29, 1.82) is 0 Å². The minimum Gasteiger partial charge on any atom is -0.366 e. The highest BCUT2D eigenvalue weighted by Gasteiger charge is 2.25. The van der Waals surface area contributed by atoms with Crippen LogP contribution < -0.4 is 10.2 Å². The standard InChI is InChI=1S/C16H24F2N2S/c1-11(2)8-19-9-12-6-14(17)16(15(18)7-12)20(3)13-4-5-21-10-13/h6-7,11,13,19H,4-5,8-10H2,1-3H3. The molecule has 1 aliphatic heterocycles. The van der Waals surface area contributed by atoms with Gasteiger partial charge in [-0.25, -0.2) is 8.78 Å². The smallest absolute Gasteiger partial charge is 0.149 e. The van der Waals surface area contributed by atoms with Gasteiger partial charge < -0.3 is 10.2 Å². The van der Waals surface area contributed by atoms with Crippen LogP contribution in [0.3, 0.4) is 0 Å². The van der Waals surface area contributed by atoms with Crippen molar-refractivity contribution in [1.82, 2.24) is 5.32 Å². The topological polar surface area (TPSA) is 15.3 Å². The third-order valence-electron chi connectivity index (χ3n) is 3.76. The molecule has 1 atom stereocenters. The average Bonchev–Trinajstić information content (AvgIpc) is 2.91. The number of benzene rings is 1. The largest absolute Gasteiger partial charge is 0.366 e. The highest BCUT2D eigenvalue weighted by Crippen LogP contribution is 2.30. The van der Waals surface area contributed by atoms with E-state index >= 15 is 0 Å². The fraction of sp³-hybridized carbons (Fsp3) is 0.625. The number of thioether (sulfide) groups is 1. The lowest BCUT2D eigenvalue weighted by molar-refractivity contribution is 0.539. The molecule has 2 rings (SSSR count). The van der Waals surface area contributed by atoms with Gasteiger partial charge >= 0.3 is 0 Å². The average molecular weight is 314 g/mol. The number of hydrogen-bond acceptors (Lipinski definition) is 3. The summed E-state index contributed by atoms with van der Waals surface area (Å²) in [7, 11) is 1.79. The molecule has 5 heteroatoms. The Hall–Kier alpha value is -0.810. The maximum atomic E-state index is 14.3. The minimum atomic E-state index is -0.462. The van der Waals surface area contributed by atoms with E-state index in [1.807, 2.05) is 11.8 Å². The Morgan fingerprint density at radius 3 is 2.52 bits per heavy atom. The van der Waals surface area contributed by atoms with Gasteiger partial charge in [-0.1, -0.05) is 13.8 Å². The number of anilines is 1. The molecule has 0 saturated carbocycles. The van der Waals surface area contributed by atoms with E-state index in [4.69, 9.17) is 0 Å². The van der Waals surface area contributed by atoms with Crippen molar-refractivity contribution in [3.05, 3.63) is 29.3 Å². The summed E-state index contributed by atoms with van der Waals surface area (Å²) in [5, 5.41) is 3.21. The molecule has 2 nitrogen and oxygen atoms in total. The van der Waals surface area contributed by atoms with Gasteiger partial charge in [0.2, 0.25) is 0 Å². The second-order valence-corrected chi connectivity index (χ2v) is 7.21. The Bertz CT molecular complexity index is 450. The molecule has 0 bridgehead atoms. The van der Waals surface area contributed by atoms with Crippen molar-refractivity contribution < 1.29 is 8.78 Å². The lowest BCUT2D eigenvalue weighted by atomic mass is 10.1. The summed E-state index contributed by atoms with van der Waals surface area (Å²) in [5.74, 6) is 1.60. The van der Waals surface area contributed by atoms with Crippen molar-refractivity contribution in [3.8, 4) is 0 Å². The van der Waals surface area contributed by atoms with Crippen LogP contribution in [0.1, 0.15) is 25.8 Å². The van der Waals surface area contributed by atoms with Crippen molar-refractivity contribution in [2.75, 3.05) is 30.0 Å². The summed E-state index contributed by atoms with van der Waals surface area (Å²) in [5.41, 5.74) is 0.763. The SMILES string of the molecule is CC(C)CNCc1cc(F)c(N(C)C2CCSC2)c(F)c1. The number of nitrogens with zero attached hydrogens (tertiary/aromatic N) is 1. The Morgan fingerprint density at radius 2 is 2.00 bits per heavy atom. The molecule has 1 aromatic rings. The van der Waals surface area contributed by atoms with E-state index in [0.717, 1.165) is 24.5 Å². The Kier molecular flexibility index (Phi) is 5.88.